The highest BCUT2D eigenvalue weighted by molar-refractivity contribution is 5.68. The van der Waals surface area contributed by atoms with Crippen LogP contribution in [0.25, 0.3) is 5.52 Å². The van der Waals surface area contributed by atoms with E-state index in [4.69, 9.17) is 4.74 Å². The zero-order chi connectivity index (χ0) is 17.2. The fourth-order valence-electron chi connectivity index (χ4n) is 3.18. The number of nitrogens with one attached hydrogen (secondary N) is 1. The highest BCUT2D eigenvalue weighted by atomic mass is 16.6. The Kier molecular flexibility index (Phi) is 3.97. The van der Waals surface area contributed by atoms with E-state index in [0.717, 1.165) is 18.4 Å². The van der Waals surface area contributed by atoms with Crippen molar-refractivity contribution in [2.45, 2.75) is 25.5 Å². The number of H-pyrrole nitrogens is 1. The molecule has 3 aromatic rings. The third-order valence-electron chi connectivity index (χ3n) is 4.43. The molecule has 1 aromatic carbocycles. The van der Waals surface area contributed by atoms with Crippen LogP contribution in [0.5, 0.6) is 0 Å². The van der Waals surface area contributed by atoms with Gasteiger partial charge in [0.2, 0.25) is 0 Å². The molecule has 1 aliphatic heterocycles. The topological polar surface area (TPSA) is 79.7 Å². The summed E-state index contributed by atoms with van der Waals surface area (Å²) in [6, 6.07) is 12.7. The molecule has 1 unspecified atom stereocenters. The maximum Gasteiger partial charge on any atom is 0.410 e. The lowest BCUT2D eigenvalue weighted by Crippen LogP contribution is -2.33. The van der Waals surface area contributed by atoms with Gasteiger partial charge < -0.3 is 9.72 Å². The van der Waals surface area contributed by atoms with E-state index in [1.54, 1.807) is 27.7 Å². The molecule has 1 amide bonds. The Morgan fingerprint density at radius 2 is 2.08 bits per heavy atom. The average molecular weight is 338 g/mol. The summed E-state index contributed by atoms with van der Waals surface area (Å²) in [6.07, 6.45) is 2.93. The van der Waals surface area contributed by atoms with Crippen molar-refractivity contribution >= 4 is 11.6 Å². The van der Waals surface area contributed by atoms with Crippen LogP contribution in [0.1, 0.15) is 30.3 Å². The third-order valence-corrected chi connectivity index (χ3v) is 4.43. The van der Waals surface area contributed by atoms with Crippen LogP contribution in [0, 0.1) is 0 Å². The van der Waals surface area contributed by atoms with E-state index in [1.807, 2.05) is 30.3 Å². The van der Waals surface area contributed by atoms with Crippen molar-refractivity contribution in [1.29, 1.82) is 0 Å². The number of hydrogen-bond donors (Lipinski definition) is 1. The van der Waals surface area contributed by atoms with Crippen LogP contribution in [0.2, 0.25) is 0 Å². The van der Waals surface area contributed by atoms with Gasteiger partial charge in [0.05, 0.1) is 6.04 Å². The molecule has 2 aromatic heterocycles. The Balaban J connectivity index is 1.53. The maximum absolute atomic E-state index is 12.5. The number of carbonyl (C=O) groups is 1. The maximum atomic E-state index is 12.5. The molecule has 0 spiro atoms. The monoisotopic (exact) mass is 338 g/mol. The second kappa shape index (κ2) is 6.43. The molecule has 0 bridgehead atoms. The van der Waals surface area contributed by atoms with Crippen molar-refractivity contribution in [3.63, 3.8) is 0 Å². The largest absolute Gasteiger partial charge is 0.445 e. The first-order valence-corrected chi connectivity index (χ1v) is 8.27. The highest BCUT2D eigenvalue weighted by Crippen LogP contribution is 2.30. The third kappa shape index (κ3) is 3.00. The molecule has 128 valence electrons. The molecule has 7 heteroatoms. The van der Waals surface area contributed by atoms with E-state index in [2.05, 4.69) is 10.1 Å². The minimum atomic E-state index is -0.387. The molecule has 1 aliphatic rings. The Labute approximate surface area is 143 Å². The number of ether oxygens (including phenoxy) is 1. The molecule has 1 fully saturated rings. The van der Waals surface area contributed by atoms with Gasteiger partial charge in [0, 0.05) is 12.7 Å². The zero-order valence-electron chi connectivity index (χ0n) is 13.6. The molecule has 0 saturated carbocycles. The molecule has 0 radical (unpaired) electrons. The molecule has 3 heterocycles. The van der Waals surface area contributed by atoms with Gasteiger partial charge in [-0.25, -0.2) is 9.31 Å². The summed E-state index contributed by atoms with van der Waals surface area (Å²) < 4.78 is 6.97. The van der Waals surface area contributed by atoms with Gasteiger partial charge >= 0.3 is 6.09 Å². The van der Waals surface area contributed by atoms with Gasteiger partial charge in [-0.2, -0.15) is 5.10 Å². The van der Waals surface area contributed by atoms with Gasteiger partial charge in [-0.05, 0) is 30.5 Å². The number of fused-ring (bicyclic) bond motifs is 1. The molecular formula is C18H18N4O3. The minimum Gasteiger partial charge on any atom is -0.445 e. The fraction of sp³-hybridized carbons (Fsp3) is 0.278. The van der Waals surface area contributed by atoms with E-state index in [9.17, 15) is 9.59 Å². The lowest BCUT2D eigenvalue weighted by molar-refractivity contribution is 0.0906. The van der Waals surface area contributed by atoms with Crippen LogP contribution >= 0.6 is 0 Å². The second-order valence-corrected chi connectivity index (χ2v) is 6.07. The number of carbonyl (C=O) groups excluding carboxylic acids is 1. The van der Waals surface area contributed by atoms with Crippen LogP contribution in [-0.4, -0.2) is 32.1 Å². The minimum absolute atomic E-state index is 0.209. The molecular weight excluding hydrogens is 320 g/mol. The van der Waals surface area contributed by atoms with Crippen LogP contribution in [0.4, 0.5) is 4.79 Å². The lowest BCUT2D eigenvalue weighted by Gasteiger charge is -2.23. The van der Waals surface area contributed by atoms with Crippen LogP contribution in [0.3, 0.4) is 0 Å². The number of amides is 1. The summed E-state index contributed by atoms with van der Waals surface area (Å²) in [7, 11) is 0. The summed E-state index contributed by atoms with van der Waals surface area (Å²) in [5.74, 6) is 0.489. The van der Waals surface area contributed by atoms with Crippen LogP contribution in [0.15, 0.2) is 53.5 Å². The average Bonchev–Trinajstić information content (AvgIpc) is 3.29. The number of aromatic nitrogens is 3. The molecule has 4 rings (SSSR count). The van der Waals surface area contributed by atoms with E-state index in [0.29, 0.717) is 17.9 Å². The molecule has 0 aliphatic carbocycles. The van der Waals surface area contributed by atoms with Crippen LogP contribution in [-0.2, 0) is 11.3 Å². The van der Waals surface area contributed by atoms with E-state index in [-0.39, 0.29) is 24.3 Å². The first-order valence-electron chi connectivity index (χ1n) is 8.27. The van der Waals surface area contributed by atoms with Gasteiger partial charge in [0.15, 0.2) is 5.82 Å². The van der Waals surface area contributed by atoms with E-state index >= 15 is 0 Å². The van der Waals surface area contributed by atoms with Gasteiger partial charge in [0.25, 0.3) is 5.56 Å². The Morgan fingerprint density at radius 1 is 1.24 bits per heavy atom. The van der Waals surface area contributed by atoms with Crippen molar-refractivity contribution in [3.05, 3.63) is 70.4 Å². The standard InChI is InChI=1S/C18H18N4O3/c23-17-15-9-5-11-22(15)20-16(19-17)14-8-4-10-21(14)18(24)25-12-13-6-2-1-3-7-13/h1-3,5-7,9,11,14H,4,8,10,12H2,(H,19,20,23). The number of nitrogens with zero attached hydrogens (tertiary/aromatic N) is 3. The lowest BCUT2D eigenvalue weighted by atomic mass is 10.2. The number of hydrogen-bond acceptors (Lipinski definition) is 4. The molecule has 1 N–H and O–H groups in total. The van der Waals surface area contributed by atoms with Crippen molar-refractivity contribution < 1.29 is 9.53 Å². The van der Waals surface area contributed by atoms with Crippen molar-refractivity contribution in [2.24, 2.45) is 0 Å². The normalized spacial score (nSPS) is 17.1. The number of rotatable bonds is 3. The Bertz CT molecular complexity index is 948. The number of benzene rings is 1. The quantitative estimate of drug-likeness (QED) is 0.796. The van der Waals surface area contributed by atoms with Crippen molar-refractivity contribution in [1.82, 2.24) is 19.5 Å². The van der Waals surface area contributed by atoms with Gasteiger partial charge in [-0.1, -0.05) is 30.3 Å². The fourth-order valence-corrected chi connectivity index (χ4v) is 3.18. The van der Waals surface area contributed by atoms with E-state index < -0.39 is 0 Å². The summed E-state index contributed by atoms with van der Waals surface area (Å²) >= 11 is 0. The zero-order valence-corrected chi connectivity index (χ0v) is 13.6. The van der Waals surface area contributed by atoms with Crippen molar-refractivity contribution in [2.75, 3.05) is 6.54 Å². The van der Waals surface area contributed by atoms with Gasteiger partial charge in [-0.15, -0.1) is 0 Å². The summed E-state index contributed by atoms with van der Waals surface area (Å²) in [5, 5.41) is 4.44. The Hall–Kier alpha value is -3.09. The smallest absolute Gasteiger partial charge is 0.410 e. The second-order valence-electron chi connectivity index (χ2n) is 6.07. The molecule has 25 heavy (non-hydrogen) atoms. The van der Waals surface area contributed by atoms with Gasteiger partial charge in [0.1, 0.15) is 12.1 Å². The summed E-state index contributed by atoms with van der Waals surface area (Å²) in [5.41, 5.74) is 1.21. The van der Waals surface area contributed by atoms with E-state index in [1.165, 1.54) is 0 Å². The SMILES string of the molecule is O=C(OCc1ccccc1)N1CCCC1c1nn2cccc2c(=O)[nH]1. The Morgan fingerprint density at radius 3 is 2.92 bits per heavy atom. The highest BCUT2D eigenvalue weighted by Gasteiger charge is 2.33. The summed E-state index contributed by atoms with van der Waals surface area (Å²) in [6.45, 7) is 0.815. The summed E-state index contributed by atoms with van der Waals surface area (Å²) in [4.78, 5) is 29.1. The predicted octanol–water partition coefficient (Wildman–Crippen LogP) is 2.50. The molecule has 7 nitrogen and oxygen atoms in total. The van der Waals surface area contributed by atoms with Crippen LogP contribution < -0.4 is 5.56 Å². The molecule has 1 saturated heterocycles. The first-order chi connectivity index (χ1) is 12.2. The molecule has 1 atom stereocenters. The first kappa shape index (κ1) is 15.4. The number of aromatic amines is 1. The number of likely N-dealkylation sites (tertiary alicyclic amines) is 1. The van der Waals surface area contributed by atoms with Gasteiger partial charge in [-0.3, -0.25) is 9.69 Å². The predicted molar refractivity (Wildman–Crippen MR) is 91.1 cm³/mol. The van der Waals surface area contributed by atoms with Crippen molar-refractivity contribution in [3.8, 4) is 0 Å².